The van der Waals surface area contributed by atoms with Crippen molar-refractivity contribution in [2.75, 3.05) is 12.8 Å². The molecule has 0 radical (unpaired) electrons. The Morgan fingerprint density at radius 2 is 2.03 bits per heavy atom. The van der Waals surface area contributed by atoms with Crippen molar-refractivity contribution in [3.8, 4) is 11.1 Å². The molecule has 164 valence electrons. The monoisotopic (exact) mass is 423 g/mol. The minimum absolute atomic E-state index is 0.00397. The van der Waals surface area contributed by atoms with Crippen molar-refractivity contribution in [1.82, 2.24) is 15.3 Å². The van der Waals surface area contributed by atoms with E-state index in [0.29, 0.717) is 5.56 Å². The van der Waals surface area contributed by atoms with Gasteiger partial charge in [0, 0.05) is 18.3 Å². The van der Waals surface area contributed by atoms with Crippen molar-refractivity contribution in [1.29, 1.82) is 0 Å². The molecule has 8 heteroatoms. The predicted octanol–water partition coefficient (Wildman–Crippen LogP) is 3.35. The largest absolute Gasteiger partial charge is 0.383 e. The number of pyridine rings is 1. The predicted molar refractivity (Wildman–Crippen MR) is 126 cm³/mol. The second kappa shape index (κ2) is 11.1. The van der Waals surface area contributed by atoms with Crippen LogP contribution in [0.3, 0.4) is 0 Å². The van der Waals surface area contributed by atoms with Crippen molar-refractivity contribution in [2.24, 2.45) is 16.8 Å². The molecule has 7 nitrogen and oxygen atoms in total. The number of benzene rings is 1. The van der Waals surface area contributed by atoms with Crippen molar-refractivity contribution < 1.29 is 4.39 Å². The molecule has 0 unspecified atom stereocenters. The number of hydrogen-bond donors (Lipinski definition) is 4. The summed E-state index contributed by atoms with van der Waals surface area (Å²) in [5.41, 5.74) is 10.7. The number of allylic oxidation sites excluding steroid dienone is 4. The van der Waals surface area contributed by atoms with Crippen LogP contribution in [-0.4, -0.2) is 22.9 Å². The third kappa shape index (κ3) is 5.56. The molecule has 0 fully saturated rings. The summed E-state index contributed by atoms with van der Waals surface area (Å²) in [7, 11) is 1.91. The Balaban J connectivity index is 2.55. The summed E-state index contributed by atoms with van der Waals surface area (Å²) in [4.78, 5) is 4.29. The van der Waals surface area contributed by atoms with E-state index in [1.54, 1.807) is 31.3 Å². The van der Waals surface area contributed by atoms with Gasteiger partial charge in [-0.1, -0.05) is 37.8 Å². The van der Waals surface area contributed by atoms with Gasteiger partial charge in [0.05, 0.1) is 11.3 Å². The Bertz CT molecular complexity index is 1020. The van der Waals surface area contributed by atoms with Gasteiger partial charge in [-0.05, 0) is 55.3 Å². The maximum atomic E-state index is 14.0. The SMILES string of the molecule is C=C(F)/C(=C\C=C/C)N(N)/C(=N\N)c1cc(-c2ccc(CC)c(CNC)c2)cnc1N. The van der Waals surface area contributed by atoms with Crippen LogP contribution in [0.25, 0.3) is 11.1 Å². The minimum Gasteiger partial charge on any atom is -0.383 e. The lowest BCUT2D eigenvalue weighted by Gasteiger charge is -2.22. The second-order valence-electron chi connectivity index (χ2n) is 6.83. The molecule has 0 saturated carbocycles. The van der Waals surface area contributed by atoms with Gasteiger partial charge in [0.25, 0.3) is 0 Å². The molecule has 1 aromatic carbocycles. The Labute approximate surface area is 182 Å². The fourth-order valence-corrected chi connectivity index (χ4v) is 3.18. The highest BCUT2D eigenvalue weighted by Crippen LogP contribution is 2.27. The maximum Gasteiger partial charge on any atom is 0.178 e. The summed E-state index contributed by atoms with van der Waals surface area (Å²) in [5.74, 6) is 11.2. The van der Waals surface area contributed by atoms with E-state index in [1.165, 1.54) is 17.2 Å². The number of halogens is 1. The van der Waals surface area contributed by atoms with Crippen LogP contribution < -0.4 is 22.7 Å². The van der Waals surface area contributed by atoms with Crippen LogP contribution in [0.4, 0.5) is 10.2 Å². The van der Waals surface area contributed by atoms with E-state index in [-0.39, 0.29) is 17.4 Å². The average molecular weight is 424 g/mol. The summed E-state index contributed by atoms with van der Waals surface area (Å²) >= 11 is 0. The van der Waals surface area contributed by atoms with Crippen LogP contribution in [0.5, 0.6) is 0 Å². The second-order valence-corrected chi connectivity index (χ2v) is 6.83. The molecule has 1 heterocycles. The zero-order valence-corrected chi connectivity index (χ0v) is 18.2. The number of nitrogen functional groups attached to an aromatic ring is 1. The van der Waals surface area contributed by atoms with E-state index >= 15 is 0 Å². The summed E-state index contributed by atoms with van der Waals surface area (Å²) in [5, 5.41) is 7.95. The third-order valence-electron chi connectivity index (χ3n) is 4.78. The smallest absolute Gasteiger partial charge is 0.178 e. The Kier molecular flexibility index (Phi) is 8.48. The molecule has 31 heavy (non-hydrogen) atoms. The highest BCUT2D eigenvalue weighted by atomic mass is 19.1. The molecule has 0 bridgehead atoms. The van der Waals surface area contributed by atoms with Gasteiger partial charge in [-0.25, -0.2) is 15.2 Å². The molecule has 0 aliphatic heterocycles. The number of nitrogens with zero attached hydrogens (tertiary/aromatic N) is 3. The number of hydrogen-bond acceptors (Lipinski definition) is 6. The van der Waals surface area contributed by atoms with E-state index in [0.717, 1.165) is 29.1 Å². The van der Waals surface area contributed by atoms with Gasteiger partial charge < -0.3 is 16.9 Å². The van der Waals surface area contributed by atoms with Crippen molar-refractivity contribution >= 4 is 11.7 Å². The first kappa shape index (κ1) is 23.8. The number of hydrazine groups is 1. The van der Waals surface area contributed by atoms with E-state index in [2.05, 4.69) is 41.0 Å². The summed E-state index contributed by atoms with van der Waals surface area (Å²) < 4.78 is 14.0. The van der Waals surface area contributed by atoms with E-state index in [9.17, 15) is 4.39 Å². The van der Waals surface area contributed by atoms with Gasteiger partial charge in [-0.2, -0.15) is 5.10 Å². The number of rotatable bonds is 8. The standard InChI is InChI=1S/C23H30FN7/c1-5-7-8-21(15(3)24)31(27)23(30-26)20-12-19(14-29-22(20)25)17-10-9-16(6-2)18(11-17)13-28-4/h5,7-12,14,28H,3,6,13,26-27H2,1-2,4H3,(H2,25,29)/b7-5-,21-8+,30-23-. The molecule has 7 N–H and O–H groups in total. The molecule has 2 rings (SSSR count). The van der Waals surface area contributed by atoms with E-state index < -0.39 is 5.83 Å². The van der Waals surface area contributed by atoms with E-state index in [4.69, 9.17) is 17.4 Å². The Morgan fingerprint density at radius 1 is 1.29 bits per heavy atom. The molecule has 2 aromatic rings. The van der Waals surface area contributed by atoms with Crippen molar-refractivity contribution in [3.05, 3.63) is 83.5 Å². The van der Waals surface area contributed by atoms with Gasteiger partial charge in [0.1, 0.15) is 11.6 Å². The number of hydrazone groups is 1. The lowest BCUT2D eigenvalue weighted by molar-refractivity contribution is 0.502. The molecule has 0 spiro atoms. The van der Waals surface area contributed by atoms with Gasteiger partial charge in [-0.3, -0.25) is 5.01 Å². The highest BCUT2D eigenvalue weighted by molar-refractivity contribution is 6.04. The lowest BCUT2D eigenvalue weighted by Crippen LogP contribution is -2.38. The molecule has 0 aliphatic carbocycles. The Morgan fingerprint density at radius 3 is 2.61 bits per heavy atom. The first-order valence-corrected chi connectivity index (χ1v) is 9.90. The fourth-order valence-electron chi connectivity index (χ4n) is 3.18. The van der Waals surface area contributed by atoms with Crippen LogP contribution in [0.1, 0.15) is 30.5 Å². The third-order valence-corrected chi connectivity index (χ3v) is 4.78. The Hall–Kier alpha value is -3.49. The minimum atomic E-state index is -0.740. The van der Waals surface area contributed by atoms with Crippen LogP contribution in [0.15, 0.2) is 71.9 Å². The van der Waals surface area contributed by atoms with Crippen LogP contribution in [0, 0.1) is 0 Å². The van der Waals surface area contributed by atoms with Crippen molar-refractivity contribution in [2.45, 2.75) is 26.8 Å². The summed E-state index contributed by atoms with van der Waals surface area (Å²) in [6, 6.07) is 8.00. The first-order valence-electron chi connectivity index (χ1n) is 9.90. The van der Waals surface area contributed by atoms with Crippen molar-refractivity contribution in [3.63, 3.8) is 0 Å². The van der Waals surface area contributed by atoms with Gasteiger partial charge in [-0.15, -0.1) is 0 Å². The zero-order chi connectivity index (χ0) is 23.0. The highest BCUT2D eigenvalue weighted by Gasteiger charge is 2.20. The van der Waals surface area contributed by atoms with Gasteiger partial charge in [0.2, 0.25) is 0 Å². The summed E-state index contributed by atoms with van der Waals surface area (Å²) in [6.45, 7) is 7.99. The van der Waals surface area contributed by atoms with Gasteiger partial charge >= 0.3 is 0 Å². The van der Waals surface area contributed by atoms with Crippen LogP contribution >= 0.6 is 0 Å². The molecule has 0 atom stereocenters. The molecule has 0 amide bonds. The number of aromatic nitrogens is 1. The molecule has 0 aliphatic rings. The molecule has 0 saturated heterocycles. The molecule has 1 aromatic heterocycles. The number of nitrogens with one attached hydrogen (secondary N) is 1. The normalized spacial score (nSPS) is 12.4. The molecular weight excluding hydrogens is 393 g/mol. The average Bonchev–Trinajstić information content (AvgIpc) is 2.75. The number of nitrogens with two attached hydrogens (primary N) is 3. The lowest BCUT2D eigenvalue weighted by atomic mass is 9.97. The number of amidine groups is 1. The van der Waals surface area contributed by atoms with Crippen LogP contribution in [0.2, 0.25) is 0 Å². The first-order chi connectivity index (χ1) is 14.9. The van der Waals surface area contributed by atoms with Crippen LogP contribution in [-0.2, 0) is 13.0 Å². The zero-order valence-electron chi connectivity index (χ0n) is 18.2. The summed E-state index contributed by atoms with van der Waals surface area (Å²) in [6.07, 6.45) is 7.43. The quantitative estimate of drug-likeness (QED) is 0.170. The van der Waals surface area contributed by atoms with Gasteiger partial charge in [0.15, 0.2) is 5.84 Å². The fraction of sp³-hybridized carbons (Fsp3) is 0.217. The number of aryl methyl sites for hydroxylation is 1. The maximum absolute atomic E-state index is 14.0. The molecular formula is C23H30FN7. The topological polar surface area (TPSA) is 119 Å². The van der Waals surface area contributed by atoms with E-state index in [1.807, 2.05) is 13.1 Å². The number of anilines is 1.